The number of halogens is 1. The standard InChI is InChI=1S/C24H18ClN5O2/c1-14-8-9-16(20-13-30-11-5-10-26-24(30)28-20)12-19(14)27-23(31)21-15(2)32-29-22(21)17-6-3-4-7-18(17)25/h3-13H,1-2H3,(H,27,31). The van der Waals surface area contributed by atoms with Crippen LogP contribution >= 0.6 is 11.6 Å². The zero-order chi connectivity index (χ0) is 22.2. The van der Waals surface area contributed by atoms with Gasteiger partial charge in [-0.15, -0.1) is 0 Å². The zero-order valence-corrected chi connectivity index (χ0v) is 18.1. The SMILES string of the molecule is Cc1ccc(-c2cn3cccnc3n2)cc1NC(=O)c1c(-c2ccccc2Cl)noc1C. The van der Waals surface area contributed by atoms with Gasteiger partial charge < -0.3 is 9.84 Å². The number of imidazole rings is 1. The van der Waals surface area contributed by atoms with E-state index in [1.54, 1.807) is 25.3 Å². The molecule has 0 saturated carbocycles. The molecular weight excluding hydrogens is 426 g/mol. The van der Waals surface area contributed by atoms with Crippen molar-refractivity contribution in [3.8, 4) is 22.5 Å². The third-order valence-corrected chi connectivity index (χ3v) is 5.57. The molecule has 0 bridgehead atoms. The van der Waals surface area contributed by atoms with E-state index in [1.807, 2.05) is 60.1 Å². The van der Waals surface area contributed by atoms with E-state index in [0.717, 1.165) is 16.8 Å². The van der Waals surface area contributed by atoms with Crippen LogP contribution in [0.2, 0.25) is 5.02 Å². The number of aryl methyl sites for hydroxylation is 2. The molecule has 7 nitrogen and oxygen atoms in total. The van der Waals surface area contributed by atoms with Crippen LogP contribution in [0.15, 0.2) is 71.6 Å². The van der Waals surface area contributed by atoms with Gasteiger partial charge in [0.15, 0.2) is 0 Å². The van der Waals surface area contributed by atoms with Crippen LogP contribution < -0.4 is 5.32 Å². The first-order valence-electron chi connectivity index (χ1n) is 9.94. The molecule has 0 aliphatic carbocycles. The van der Waals surface area contributed by atoms with Gasteiger partial charge in [-0.05, 0) is 37.6 Å². The predicted octanol–water partition coefficient (Wildman–Crippen LogP) is 5.57. The lowest BCUT2D eigenvalue weighted by Gasteiger charge is -2.10. The molecule has 2 aromatic carbocycles. The first-order valence-corrected chi connectivity index (χ1v) is 10.3. The average molecular weight is 444 g/mol. The normalized spacial score (nSPS) is 11.1. The fourth-order valence-electron chi connectivity index (χ4n) is 3.55. The van der Waals surface area contributed by atoms with E-state index in [0.29, 0.717) is 39.1 Å². The number of aromatic nitrogens is 4. The van der Waals surface area contributed by atoms with Crippen molar-refractivity contribution in [2.45, 2.75) is 13.8 Å². The van der Waals surface area contributed by atoms with Gasteiger partial charge in [0.2, 0.25) is 5.78 Å². The number of hydrogen-bond acceptors (Lipinski definition) is 5. The molecular formula is C24H18ClN5O2. The van der Waals surface area contributed by atoms with Crippen LogP contribution in [0.5, 0.6) is 0 Å². The van der Waals surface area contributed by atoms with Crippen molar-refractivity contribution >= 4 is 29.0 Å². The van der Waals surface area contributed by atoms with E-state index in [4.69, 9.17) is 16.1 Å². The Morgan fingerprint density at radius 1 is 1.12 bits per heavy atom. The molecule has 5 rings (SSSR count). The summed E-state index contributed by atoms with van der Waals surface area (Å²) in [5, 5.41) is 7.57. The van der Waals surface area contributed by atoms with Crippen molar-refractivity contribution in [3.63, 3.8) is 0 Å². The highest BCUT2D eigenvalue weighted by Crippen LogP contribution is 2.32. The summed E-state index contributed by atoms with van der Waals surface area (Å²) in [6.45, 7) is 3.63. The molecule has 158 valence electrons. The Labute approximate surface area is 188 Å². The summed E-state index contributed by atoms with van der Waals surface area (Å²) in [5.41, 5.74) is 4.60. The van der Waals surface area contributed by atoms with Crippen LogP contribution in [-0.2, 0) is 0 Å². The second-order valence-electron chi connectivity index (χ2n) is 7.38. The summed E-state index contributed by atoms with van der Waals surface area (Å²) in [6.07, 6.45) is 5.49. The zero-order valence-electron chi connectivity index (χ0n) is 17.3. The second kappa shape index (κ2) is 7.94. The van der Waals surface area contributed by atoms with Crippen LogP contribution in [0, 0.1) is 13.8 Å². The van der Waals surface area contributed by atoms with Gasteiger partial charge in [0.25, 0.3) is 5.91 Å². The number of rotatable bonds is 4. The van der Waals surface area contributed by atoms with Crippen molar-refractivity contribution < 1.29 is 9.32 Å². The van der Waals surface area contributed by atoms with Crippen molar-refractivity contribution in [1.82, 2.24) is 19.5 Å². The third-order valence-electron chi connectivity index (χ3n) is 5.24. The molecule has 0 aliphatic heterocycles. The van der Waals surface area contributed by atoms with Gasteiger partial charge >= 0.3 is 0 Å². The van der Waals surface area contributed by atoms with E-state index in [2.05, 4.69) is 20.4 Å². The molecule has 0 unspecified atom stereocenters. The molecule has 3 aromatic heterocycles. The molecule has 32 heavy (non-hydrogen) atoms. The van der Waals surface area contributed by atoms with E-state index in [1.165, 1.54) is 0 Å². The number of hydrogen-bond donors (Lipinski definition) is 1. The van der Waals surface area contributed by atoms with Crippen molar-refractivity contribution in [2.75, 3.05) is 5.32 Å². The summed E-state index contributed by atoms with van der Waals surface area (Å²) in [7, 11) is 0. The van der Waals surface area contributed by atoms with Crippen LogP contribution in [0.3, 0.4) is 0 Å². The molecule has 0 saturated heterocycles. The van der Waals surface area contributed by atoms with E-state index >= 15 is 0 Å². The van der Waals surface area contributed by atoms with Crippen molar-refractivity contribution in [2.24, 2.45) is 0 Å². The minimum atomic E-state index is -0.324. The average Bonchev–Trinajstić information content (AvgIpc) is 3.39. The summed E-state index contributed by atoms with van der Waals surface area (Å²) < 4.78 is 7.18. The van der Waals surface area contributed by atoms with Gasteiger partial charge in [-0.2, -0.15) is 0 Å². The Balaban J connectivity index is 1.50. The fraction of sp³-hybridized carbons (Fsp3) is 0.0833. The molecule has 0 radical (unpaired) electrons. The number of carbonyl (C=O) groups excluding carboxylic acids is 1. The highest BCUT2D eigenvalue weighted by molar-refractivity contribution is 6.33. The van der Waals surface area contributed by atoms with Crippen LogP contribution in [0.25, 0.3) is 28.3 Å². The van der Waals surface area contributed by atoms with Crippen LogP contribution in [0.4, 0.5) is 5.69 Å². The van der Waals surface area contributed by atoms with E-state index in [9.17, 15) is 4.79 Å². The second-order valence-corrected chi connectivity index (χ2v) is 7.79. The summed E-state index contributed by atoms with van der Waals surface area (Å²) in [5.74, 6) is 0.700. The molecule has 1 N–H and O–H groups in total. The quantitative estimate of drug-likeness (QED) is 0.392. The molecule has 0 spiro atoms. The number of nitrogens with one attached hydrogen (secondary N) is 1. The van der Waals surface area contributed by atoms with E-state index in [-0.39, 0.29) is 5.91 Å². The predicted molar refractivity (Wildman–Crippen MR) is 123 cm³/mol. The highest BCUT2D eigenvalue weighted by atomic mass is 35.5. The first-order chi connectivity index (χ1) is 15.5. The molecule has 5 aromatic rings. The van der Waals surface area contributed by atoms with Crippen LogP contribution in [-0.4, -0.2) is 25.4 Å². The Kier molecular flexibility index (Phi) is 4.95. The maximum Gasteiger partial charge on any atom is 0.261 e. The Morgan fingerprint density at radius 3 is 2.78 bits per heavy atom. The topological polar surface area (TPSA) is 85.3 Å². The Bertz CT molecular complexity index is 1440. The third kappa shape index (κ3) is 3.52. The van der Waals surface area contributed by atoms with Gasteiger partial charge in [-0.1, -0.05) is 47.1 Å². The maximum atomic E-state index is 13.3. The summed E-state index contributed by atoms with van der Waals surface area (Å²) in [4.78, 5) is 22.1. The van der Waals surface area contributed by atoms with Gasteiger partial charge in [-0.25, -0.2) is 9.97 Å². The molecule has 1 amide bonds. The Hall–Kier alpha value is -3.97. The van der Waals surface area contributed by atoms with E-state index < -0.39 is 0 Å². The van der Waals surface area contributed by atoms with Crippen molar-refractivity contribution in [1.29, 1.82) is 0 Å². The number of amides is 1. The van der Waals surface area contributed by atoms with Gasteiger partial charge in [0, 0.05) is 35.4 Å². The molecule has 8 heteroatoms. The number of carbonyl (C=O) groups is 1. The van der Waals surface area contributed by atoms with Crippen LogP contribution in [0.1, 0.15) is 21.7 Å². The molecule has 3 heterocycles. The lowest BCUT2D eigenvalue weighted by atomic mass is 10.0. The fourth-order valence-corrected chi connectivity index (χ4v) is 3.77. The smallest absolute Gasteiger partial charge is 0.261 e. The number of nitrogens with zero attached hydrogens (tertiary/aromatic N) is 4. The summed E-state index contributed by atoms with van der Waals surface area (Å²) in [6, 6.07) is 14.9. The Morgan fingerprint density at radius 2 is 1.97 bits per heavy atom. The van der Waals surface area contributed by atoms with Gasteiger partial charge in [0.05, 0.1) is 10.7 Å². The number of anilines is 1. The van der Waals surface area contributed by atoms with Gasteiger partial charge in [0.1, 0.15) is 17.0 Å². The summed E-state index contributed by atoms with van der Waals surface area (Å²) >= 11 is 6.32. The van der Waals surface area contributed by atoms with Gasteiger partial charge in [-0.3, -0.25) is 9.20 Å². The first kappa shape index (κ1) is 20.0. The minimum Gasteiger partial charge on any atom is -0.360 e. The maximum absolute atomic E-state index is 13.3. The largest absolute Gasteiger partial charge is 0.360 e. The molecule has 0 atom stereocenters. The lowest BCUT2D eigenvalue weighted by molar-refractivity contribution is 0.102. The minimum absolute atomic E-state index is 0.324. The number of benzene rings is 2. The highest BCUT2D eigenvalue weighted by Gasteiger charge is 2.23. The monoisotopic (exact) mass is 443 g/mol. The number of fused-ring (bicyclic) bond motifs is 1. The lowest BCUT2D eigenvalue weighted by Crippen LogP contribution is -2.14. The molecule has 0 aliphatic rings. The molecule has 0 fully saturated rings. The van der Waals surface area contributed by atoms with Crippen molar-refractivity contribution in [3.05, 3.63) is 89.0 Å².